The van der Waals surface area contributed by atoms with E-state index in [0.29, 0.717) is 17.7 Å². The van der Waals surface area contributed by atoms with Crippen molar-refractivity contribution in [3.8, 4) is 0 Å². The third-order valence-electron chi connectivity index (χ3n) is 3.21. The zero-order chi connectivity index (χ0) is 11.5. The molecule has 0 aliphatic carbocycles. The van der Waals surface area contributed by atoms with Crippen molar-refractivity contribution >= 4 is 5.91 Å². The molecule has 0 aromatic carbocycles. The Balaban J connectivity index is 2.16. The Morgan fingerprint density at radius 3 is 2.94 bits per heavy atom. The molecule has 3 nitrogen and oxygen atoms in total. The molecule has 1 amide bonds. The van der Waals surface area contributed by atoms with Gasteiger partial charge in [0.05, 0.1) is 0 Å². The van der Waals surface area contributed by atoms with Gasteiger partial charge < -0.3 is 4.90 Å². The van der Waals surface area contributed by atoms with Gasteiger partial charge in [-0.15, -0.1) is 0 Å². The summed E-state index contributed by atoms with van der Waals surface area (Å²) in [6.07, 6.45) is 3.91. The number of nitrogens with zero attached hydrogens (tertiary/aromatic N) is 2. The summed E-state index contributed by atoms with van der Waals surface area (Å²) in [5, 5.41) is 0. The quantitative estimate of drug-likeness (QED) is 0.763. The minimum absolute atomic E-state index is 0.0804. The molecule has 1 fully saturated rings. The lowest BCUT2D eigenvalue weighted by Gasteiger charge is -2.27. The molecule has 1 aromatic heterocycles. The van der Waals surface area contributed by atoms with Crippen LogP contribution in [0.4, 0.5) is 0 Å². The maximum absolute atomic E-state index is 12.2. The number of carbonyl (C=O) groups is 1. The molecule has 1 aliphatic heterocycles. The van der Waals surface area contributed by atoms with Crippen molar-refractivity contribution in [2.24, 2.45) is 5.92 Å². The lowest BCUT2D eigenvalue weighted by Crippen LogP contribution is -2.38. The van der Waals surface area contributed by atoms with Crippen LogP contribution in [-0.4, -0.2) is 28.4 Å². The second-order valence-corrected chi connectivity index (χ2v) is 4.67. The molecule has 1 aromatic rings. The maximum atomic E-state index is 12.2. The zero-order valence-electron chi connectivity index (χ0n) is 9.89. The van der Waals surface area contributed by atoms with Crippen LogP contribution in [-0.2, 0) is 0 Å². The summed E-state index contributed by atoms with van der Waals surface area (Å²) in [5.74, 6) is 0.604. The van der Waals surface area contributed by atoms with Crippen molar-refractivity contribution in [1.29, 1.82) is 0 Å². The zero-order valence-corrected chi connectivity index (χ0v) is 9.89. The summed E-state index contributed by atoms with van der Waals surface area (Å²) >= 11 is 0. The molecule has 0 saturated carbocycles. The number of hydrogen-bond acceptors (Lipinski definition) is 2. The molecule has 1 saturated heterocycles. The summed E-state index contributed by atoms with van der Waals surface area (Å²) in [5.41, 5.74) is 0.565. The van der Waals surface area contributed by atoms with E-state index in [1.54, 1.807) is 12.3 Å². The molecule has 2 rings (SSSR count). The van der Waals surface area contributed by atoms with Crippen LogP contribution in [0.1, 0.15) is 37.2 Å². The molecular formula is C13H18N2O. The fourth-order valence-corrected chi connectivity index (χ4v) is 2.37. The number of likely N-dealkylation sites (tertiary alicyclic amines) is 1. The Morgan fingerprint density at radius 1 is 1.50 bits per heavy atom. The van der Waals surface area contributed by atoms with E-state index in [2.05, 4.69) is 18.8 Å². The van der Waals surface area contributed by atoms with E-state index in [1.165, 1.54) is 0 Å². The molecule has 1 aliphatic rings. The highest BCUT2D eigenvalue weighted by molar-refractivity contribution is 5.92. The van der Waals surface area contributed by atoms with E-state index < -0.39 is 0 Å². The average molecular weight is 218 g/mol. The molecule has 2 heterocycles. The lowest BCUT2D eigenvalue weighted by atomic mass is 10.0. The average Bonchev–Trinajstić information content (AvgIpc) is 2.78. The smallest absolute Gasteiger partial charge is 0.272 e. The Hall–Kier alpha value is -1.38. The number of rotatable bonds is 2. The summed E-state index contributed by atoms with van der Waals surface area (Å²) < 4.78 is 0. The van der Waals surface area contributed by atoms with Gasteiger partial charge in [-0.3, -0.25) is 9.78 Å². The van der Waals surface area contributed by atoms with Crippen LogP contribution in [0.2, 0.25) is 0 Å². The third-order valence-corrected chi connectivity index (χ3v) is 3.21. The standard InChI is InChI=1S/C13H18N2O/c1-10(2)12-7-5-9-15(12)13(16)11-6-3-4-8-14-11/h3-4,6,8,10,12H,5,7,9H2,1-2H3. The molecule has 0 bridgehead atoms. The van der Waals surface area contributed by atoms with Gasteiger partial charge in [0.25, 0.3) is 5.91 Å². The maximum Gasteiger partial charge on any atom is 0.272 e. The summed E-state index contributed by atoms with van der Waals surface area (Å²) in [4.78, 5) is 18.3. The molecule has 0 N–H and O–H groups in total. The molecule has 0 spiro atoms. The van der Waals surface area contributed by atoms with E-state index >= 15 is 0 Å². The van der Waals surface area contributed by atoms with E-state index in [-0.39, 0.29) is 5.91 Å². The van der Waals surface area contributed by atoms with Crippen LogP contribution in [0.3, 0.4) is 0 Å². The topological polar surface area (TPSA) is 33.2 Å². The molecular weight excluding hydrogens is 200 g/mol. The van der Waals surface area contributed by atoms with Gasteiger partial charge in [0.2, 0.25) is 0 Å². The van der Waals surface area contributed by atoms with E-state index in [1.807, 2.05) is 17.0 Å². The molecule has 3 heteroatoms. The lowest BCUT2D eigenvalue weighted by molar-refractivity contribution is 0.0695. The van der Waals surface area contributed by atoms with Crippen LogP contribution in [0, 0.1) is 5.92 Å². The van der Waals surface area contributed by atoms with Crippen molar-refractivity contribution in [1.82, 2.24) is 9.88 Å². The van der Waals surface area contributed by atoms with Gasteiger partial charge in [-0.2, -0.15) is 0 Å². The Kier molecular flexibility index (Phi) is 3.22. The number of aromatic nitrogens is 1. The van der Waals surface area contributed by atoms with Crippen LogP contribution < -0.4 is 0 Å². The van der Waals surface area contributed by atoms with Crippen molar-refractivity contribution in [2.45, 2.75) is 32.7 Å². The molecule has 0 radical (unpaired) electrons. The fraction of sp³-hybridized carbons (Fsp3) is 0.538. The van der Waals surface area contributed by atoms with Gasteiger partial charge in [-0.05, 0) is 30.9 Å². The highest BCUT2D eigenvalue weighted by atomic mass is 16.2. The van der Waals surface area contributed by atoms with Gasteiger partial charge in [-0.1, -0.05) is 19.9 Å². The fourth-order valence-electron chi connectivity index (χ4n) is 2.37. The van der Waals surface area contributed by atoms with Crippen molar-refractivity contribution < 1.29 is 4.79 Å². The van der Waals surface area contributed by atoms with Gasteiger partial charge >= 0.3 is 0 Å². The minimum Gasteiger partial charge on any atom is -0.334 e. The highest BCUT2D eigenvalue weighted by Crippen LogP contribution is 2.24. The molecule has 86 valence electrons. The predicted molar refractivity (Wildman–Crippen MR) is 63.1 cm³/mol. The third kappa shape index (κ3) is 2.08. The number of amides is 1. The van der Waals surface area contributed by atoms with Gasteiger partial charge in [0.15, 0.2) is 0 Å². The second-order valence-electron chi connectivity index (χ2n) is 4.67. The number of carbonyl (C=O) groups excluding carboxylic acids is 1. The first-order valence-electron chi connectivity index (χ1n) is 5.92. The SMILES string of the molecule is CC(C)C1CCCN1C(=O)c1ccccn1. The molecule has 1 unspecified atom stereocenters. The highest BCUT2D eigenvalue weighted by Gasteiger charge is 2.31. The minimum atomic E-state index is 0.0804. The van der Waals surface area contributed by atoms with E-state index in [4.69, 9.17) is 0 Å². The van der Waals surface area contributed by atoms with Gasteiger partial charge in [0, 0.05) is 18.8 Å². The van der Waals surface area contributed by atoms with Gasteiger partial charge in [0.1, 0.15) is 5.69 Å². The first-order chi connectivity index (χ1) is 7.70. The van der Waals surface area contributed by atoms with Crippen LogP contribution >= 0.6 is 0 Å². The Labute approximate surface area is 96.5 Å². The largest absolute Gasteiger partial charge is 0.334 e. The van der Waals surface area contributed by atoms with Crippen molar-refractivity contribution in [2.75, 3.05) is 6.54 Å². The molecule has 1 atom stereocenters. The van der Waals surface area contributed by atoms with Crippen molar-refractivity contribution in [3.05, 3.63) is 30.1 Å². The first-order valence-corrected chi connectivity index (χ1v) is 5.92. The summed E-state index contributed by atoms with van der Waals surface area (Å²) in [6, 6.07) is 5.87. The van der Waals surface area contributed by atoms with Gasteiger partial charge in [-0.25, -0.2) is 0 Å². The number of pyridine rings is 1. The Bertz CT molecular complexity index is 361. The van der Waals surface area contributed by atoms with Crippen molar-refractivity contribution in [3.63, 3.8) is 0 Å². The van der Waals surface area contributed by atoms with Crippen LogP contribution in [0.5, 0.6) is 0 Å². The van der Waals surface area contributed by atoms with Crippen LogP contribution in [0.15, 0.2) is 24.4 Å². The van der Waals surface area contributed by atoms with E-state index in [9.17, 15) is 4.79 Å². The second kappa shape index (κ2) is 4.64. The predicted octanol–water partition coefficient (Wildman–Crippen LogP) is 2.34. The van der Waals surface area contributed by atoms with E-state index in [0.717, 1.165) is 19.4 Å². The number of hydrogen-bond donors (Lipinski definition) is 0. The first kappa shape index (κ1) is 11.1. The summed E-state index contributed by atoms with van der Waals surface area (Å²) in [6.45, 7) is 5.22. The Morgan fingerprint density at radius 2 is 2.31 bits per heavy atom. The monoisotopic (exact) mass is 218 g/mol. The van der Waals surface area contributed by atoms with Crippen LogP contribution in [0.25, 0.3) is 0 Å². The normalized spacial score (nSPS) is 20.4. The molecule has 16 heavy (non-hydrogen) atoms. The summed E-state index contributed by atoms with van der Waals surface area (Å²) in [7, 11) is 0.